The summed E-state index contributed by atoms with van der Waals surface area (Å²) in [6.07, 6.45) is 9.93. The maximum absolute atomic E-state index is 6.52. The van der Waals surface area contributed by atoms with Gasteiger partial charge in [-0.15, -0.1) is 0 Å². The van der Waals surface area contributed by atoms with Crippen LogP contribution in [-0.2, 0) is 5.41 Å². The van der Waals surface area contributed by atoms with Crippen LogP contribution in [-0.4, -0.2) is 7.85 Å². The van der Waals surface area contributed by atoms with Crippen LogP contribution in [0.1, 0.15) is 63.3 Å². The molecule has 4 aliphatic carbocycles. The summed E-state index contributed by atoms with van der Waals surface area (Å²) < 4.78 is 0. The first-order chi connectivity index (χ1) is 14.9. The molecule has 2 radical (unpaired) electrons. The molecule has 0 saturated heterocycles. The second kappa shape index (κ2) is 6.85. The normalized spacial score (nSPS) is 27.1. The van der Waals surface area contributed by atoms with Crippen LogP contribution < -0.4 is 0 Å². The van der Waals surface area contributed by atoms with Gasteiger partial charge in [0.2, 0.25) is 0 Å². The van der Waals surface area contributed by atoms with E-state index in [4.69, 9.17) is 7.85 Å². The molecule has 31 heavy (non-hydrogen) atoms. The summed E-state index contributed by atoms with van der Waals surface area (Å²) in [5.74, 6) is 0. The minimum atomic E-state index is -0.438. The third-order valence-electron chi connectivity index (χ3n) is 7.32. The lowest BCUT2D eigenvalue weighted by Crippen LogP contribution is -2.28. The van der Waals surface area contributed by atoms with Crippen molar-refractivity contribution in [1.82, 2.24) is 0 Å². The van der Waals surface area contributed by atoms with Gasteiger partial charge in [-0.3, -0.25) is 0 Å². The summed E-state index contributed by atoms with van der Waals surface area (Å²) in [5, 5.41) is -0.438. The highest BCUT2D eigenvalue weighted by Gasteiger charge is 2.54. The lowest BCUT2D eigenvalue weighted by Gasteiger charge is -2.34. The van der Waals surface area contributed by atoms with Gasteiger partial charge in [0.1, 0.15) is 0 Å². The zero-order chi connectivity index (χ0) is 22.0. The topological polar surface area (TPSA) is 0 Å². The summed E-state index contributed by atoms with van der Waals surface area (Å²) >= 11 is 0. The lowest BCUT2D eigenvalue weighted by molar-refractivity contribution is 0.765. The van der Waals surface area contributed by atoms with Crippen LogP contribution in [0.3, 0.4) is 0 Å². The first-order valence-electron chi connectivity index (χ1n) is 11.5. The molecule has 0 aliphatic heterocycles. The Morgan fingerprint density at radius 3 is 2.10 bits per heavy atom. The molecule has 2 aromatic carbocycles. The molecule has 0 aromatic heterocycles. The van der Waals surface area contributed by atoms with Gasteiger partial charge in [0.25, 0.3) is 0 Å². The highest BCUT2D eigenvalue weighted by molar-refractivity contribution is 6.18. The maximum atomic E-state index is 6.52. The van der Waals surface area contributed by atoms with Crippen LogP contribution in [0.15, 0.2) is 95.1 Å². The van der Waals surface area contributed by atoms with E-state index in [1.54, 1.807) is 0 Å². The fourth-order valence-electron chi connectivity index (χ4n) is 5.94. The summed E-state index contributed by atoms with van der Waals surface area (Å²) in [6.45, 7) is 10.7. The average Bonchev–Trinajstić information content (AvgIpc) is 3.30. The summed E-state index contributed by atoms with van der Waals surface area (Å²) in [7, 11) is 6.52. The molecule has 0 N–H and O–H groups in total. The molecule has 0 fully saturated rings. The van der Waals surface area contributed by atoms with Crippen molar-refractivity contribution in [3.8, 4) is 0 Å². The average molecular weight is 400 g/mol. The predicted molar refractivity (Wildman–Crippen MR) is 134 cm³/mol. The Morgan fingerprint density at radius 2 is 1.39 bits per heavy atom. The van der Waals surface area contributed by atoms with Gasteiger partial charge in [-0.05, 0) is 75.7 Å². The van der Waals surface area contributed by atoms with E-state index in [-0.39, 0.29) is 5.41 Å². The van der Waals surface area contributed by atoms with Crippen molar-refractivity contribution in [2.75, 3.05) is 0 Å². The van der Waals surface area contributed by atoms with Crippen molar-refractivity contribution in [3.63, 3.8) is 0 Å². The van der Waals surface area contributed by atoms with Crippen molar-refractivity contribution in [2.45, 2.75) is 51.8 Å². The van der Waals surface area contributed by atoms with E-state index in [0.717, 1.165) is 6.42 Å². The summed E-state index contributed by atoms with van der Waals surface area (Å²) in [5.41, 5.74) is 14.0. The van der Waals surface area contributed by atoms with Crippen LogP contribution in [0.25, 0.3) is 11.1 Å². The Bertz CT molecular complexity index is 1260. The monoisotopic (exact) mass is 400 g/mol. The molecule has 152 valence electrons. The molecule has 0 amide bonds. The third kappa shape index (κ3) is 2.50. The van der Waals surface area contributed by atoms with Crippen LogP contribution in [0, 0.1) is 0 Å². The van der Waals surface area contributed by atoms with Gasteiger partial charge in [0.15, 0.2) is 0 Å². The van der Waals surface area contributed by atoms with Crippen molar-refractivity contribution < 1.29 is 0 Å². The van der Waals surface area contributed by atoms with Crippen LogP contribution in [0.5, 0.6) is 0 Å². The van der Waals surface area contributed by atoms with Gasteiger partial charge in [0.05, 0.1) is 13.3 Å². The number of rotatable bonds is 0. The molecule has 2 unspecified atom stereocenters. The second-order valence-corrected chi connectivity index (χ2v) is 9.14. The Morgan fingerprint density at radius 1 is 0.806 bits per heavy atom. The molecule has 2 aromatic rings. The zero-order valence-electron chi connectivity index (χ0n) is 19.2. The molecule has 0 heterocycles. The Labute approximate surface area is 188 Å². The van der Waals surface area contributed by atoms with Crippen LogP contribution in [0.2, 0.25) is 5.31 Å². The quantitative estimate of drug-likeness (QED) is 0.397. The molecule has 2 atom stereocenters. The van der Waals surface area contributed by atoms with Gasteiger partial charge in [-0.25, -0.2) is 0 Å². The minimum absolute atomic E-state index is 0.235. The zero-order valence-corrected chi connectivity index (χ0v) is 19.2. The van der Waals surface area contributed by atoms with Crippen molar-refractivity contribution >= 4 is 19.0 Å². The predicted octanol–water partition coefficient (Wildman–Crippen LogP) is 7.75. The Balaban J connectivity index is 0.000000994. The first-order valence-corrected chi connectivity index (χ1v) is 11.5. The highest BCUT2D eigenvalue weighted by Crippen LogP contribution is 2.65. The number of fused-ring (bicyclic) bond motifs is 8. The maximum Gasteiger partial charge on any atom is 0.0854 e. The largest absolute Gasteiger partial charge is 0.0854 e. The summed E-state index contributed by atoms with van der Waals surface area (Å²) in [4.78, 5) is 0. The number of hydrogen-bond donors (Lipinski definition) is 0. The van der Waals surface area contributed by atoms with Gasteiger partial charge in [-0.2, -0.15) is 0 Å². The van der Waals surface area contributed by atoms with Gasteiger partial charge in [0, 0.05) is 0 Å². The Kier molecular flexibility index (Phi) is 4.45. The minimum Gasteiger partial charge on any atom is -0.0833 e. The molecule has 0 nitrogen and oxygen atoms in total. The van der Waals surface area contributed by atoms with E-state index in [1.165, 1.54) is 55.7 Å². The van der Waals surface area contributed by atoms with Gasteiger partial charge < -0.3 is 0 Å². The first kappa shape index (κ1) is 20.1. The molecular weight excluding hydrogens is 371 g/mol. The number of hydrogen-bond acceptors (Lipinski definition) is 0. The summed E-state index contributed by atoms with van der Waals surface area (Å²) in [6, 6.07) is 18.0. The molecule has 6 rings (SSSR count). The fraction of sp³-hybridized carbons (Fsp3) is 0.267. The fourth-order valence-corrected chi connectivity index (χ4v) is 5.94. The van der Waals surface area contributed by atoms with E-state index in [2.05, 4.69) is 93.6 Å². The highest BCUT2D eigenvalue weighted by atomic mass is 14.6. The second-order valence-electron chi connectivity index (χ2n) is 9.14. The van der Waals surface area contributed by atoms with E-state index < -0.39 is 5.31 Å². The molecule has 0 bridgehead atoms. The molecule has 4 aliphatic rings. The standard InChI is InChI=1S/C28H23B.C2H6/c1-17-16-22-20-9-5-7-11-24(20)28(26(22)18(17)2)23-10-6-4-8-19(23)21-12-14-27(3,29)15-13-25(21)28;1-2/h4-15H,16H2,1-3H3;1-2H3. The van der Waals surface area contributed by atoms with Gasteiger partial charge >= 0.3 is 0 Å². The van der Waals surface area contributed by atoms with Crippen LogP contribution in [0.4, 0.5) is 0 Å². The van der Waals surface area contributed by atoms with E-state index >= 15 is 0 Å². The van der Waals surface area contributed by atoms with E-state index in [1.807, 2.05) is 13.8 Å². The number of allylic oxidation sites excluding steroid dienone is 10. The molecular formula is C30H29B. The van der Waals surface area contributed by atoms with Gasteiger partial charge in [-0.1, -0.05) is 99.2 Å². The Hall–Kier alpha value is -2.80. The lowest BCUT2D eigenvalue weighted by atomic mass is 9.66. The van der Waals surface area contributed by atoms with Crippen molar-refractivity contribution in [3.05, 3.63) is 117 Å². The SMILES string of the molecule is CC.[B]C1(C)C=CC2=C(C=C1)C1(C3=C(CC(C)=C3C)c3ccccc31)c1ccccc12. The number of benzene rings is 2. The molecule has 1 heteroatoms. The van der Waals surface area contributed by atoms with E-state index in [9.17, 15) is 0 Å². The smallest absolute Gasteiger partial charge is 0.0833 e. The van der Waals surface area contributed by atoms with Crippen LogP contribution >= 0.6 is 0 Å². The van der Waals surface area contributed by atoms with Crippen molar-refractivity contribution in [1.29, 1.82) is 0 Å². The van der Waals surface area contributed by atoms with E-state index in [0.29, 0.717) is 0 Å². The third-order valence-corrected chi connectivity index (χ3v) is 7.32. The molecule has 1 spiro atoms. The molecule has 0 saturated carbocycles. The van der Waals surface area contributed by atoms with Crippen molar-refractivity contribution in [2.24, 2.45) is 0 Å².